The maximum absolute atomic E-state index is 6.50. The SMILES string of the molecule is Clc1cc(C(Cl)Cc2nc3ccccc3s2)ccc1I. The van der Waals surface area contributed by atoms with Crippen LogP contribution in [0.2, 0.25) is 5.02 Å². The van der Waals surface area contributed by atoms with Crippen molar-refractivity contribution in [3.8, 4) is 0 Å². The Labute approximate surface area is 145 Å². The molecular weight excluding hydrogens is 424 g/mol. The molecule has 0 amide bonds. The summed E-state index contributed by atoms with van der Waals surface area (Å²) >= 11 is 16.6. The molecule has 0 saturated carbocycles. The second-order valence-electron chi connectivity index (χ2n) is 4.42. The molecule has 0 fully saturated rings. The highest BCUT2D eigenvalue weighted by Crippen LogP contribution is 2.31. The number of fused-ring (bicyclic) bond motifs is 1. The molecule has 5 heteroatoms. The van der Waals surface area contributed by atoms with Crippen molar-refractivity contribution in [2.45, 2.75) is 11.8 Å². The standard InChI is InChI=1S/C15H10Cl2INS/c16-10(9-5-6-12(18)11(17)7-9)8-15-19-13-3-1-2-4-14(13)20-15/h1-7,10H,8H2. The normalized spacial score (nSPS) is 12.8. The van der Waals surface area contributed by atoms with E-state index in [0.29, 0.717) is 0 Å². The topological polar surface area (TPSA) is 12.9 Å². The Kier molecular flexibility index (Phi) is 4.50. The van der Waals surface area contributed by atoms with E-state index in [1.165, 1.54) is 4.70 Å². The van der Waals surface area contributed by atoms with Crippen molar-refractivity contribution in [3.05, 3.63) is 61.6 Å². The van der Waals surface area contributed by atoms with Crippen LogP contribution in [0, 0.1) is 3.57 Å². The summed E-state index contributed by atoms with van der Waals surface area (Å²) in [7, 11) is 0. The fraction of sp³-hybridized carbons (Fsp3) is 0.133. The molecule has 0 saturated heterocycles. The van der Waals surface area contributed by atoms with Crippen LogP contribution >= 0.6 is 57.1 Å². The number of hydrogen-bond donors (Lipinski definition) is 0. The van der Waals surface area contributed by atoms with E-state index in [2.05, 4.69) is 33.6 Å². The minimum atomic E-state index is -0.106. The van der Waals surface area contributed by atoms with Gasteiger partial charge in [-0.3, -0.25) is 0 Å². The van der Waals surface area contributed by atoms with Gasteiger partial charge in [-0.25, -0.2) is 4.98 Å². The van der Waals surface area contributed by atoms with Crippen LogP contribution in [0.5, 0.6) is 0 Å². The first-order chi connectivity index (χ1) is 9.63. The highest BCUT2D eigenvalue weighted by molar-refractivity contribution is 14.1. The molecule has 0 N–H and O–H groups in total. The first kappa shape index (κ1) is 14.6. The average molecular weight is 434 g/mol. The number of alkyl halides is 1. The number of thiazole rings is 1. The van der Waals surface area contributed by atoms with E-state index in [4.69, 9.17) is 23.2 Å². The zero-order valence-electron chi connectivity index (χ0n) is 10.3. The molecule has 0 bridgehead atoms. The third kappa shape index (κ3) is 3.11. The molecule has 2 aromatic carbocycles. The predicted octanol–water partition coefficient (Wildman–Crippen LogP) is 6.08. The second kappa shape index (κ2) is 6.18. The van der Waals surface area contributed by atoms with Crippen molar-refractivity contribution >= 4 is 67.3 Å². The number of rotatable bonds is 3. The lowest BCUT2D eigenvalue weighted by Gasteiger charge is -2.09. The molecule has 102 valence electrons. The zero-order chi connectivity index (χ0) is 14.1. The van der Waals surface area contributed by atoms with E-state index in [-0.39, 0.29) is 5.38 Å². The molecule has 20 heavy (non-hydrogen) atoms. The van der Waals surface area contributed by atoms with Gasteiger partial charge in [-0.2, -0.15) is 0 Å². The van der Waals surface area contributed by atoms with Crippen LogP contribution in [-0.2, 0) is 6.42 Å². The van der Waals surface area contributed by atoms with E-state index in [1.54, 1.807) is 11.3 Å². The van der Waals surface area contributed by atoms with Crippen LogP contribution < -0.4 is 0 Å². The van der Waals surface area contributed by atoms with Crippen molar-refractivity contribution < 1.29 is 0 Å². The maximum Gasteiger partial charge on any atom is 0.0956 e. The van der Waals surface area contributed by atoms with Gasteiger partial charge in [0.15, 0.2) is 0 Å². The molecule has 1 aromatic heterocycles. The molecule has 0 aliphatic heterocycles. The lowest BCUT2D eigenvalue weighted by Crippen LogP contribution is -1.96. The van der Waals surface area contributed by atoms with Gasteiger partial charge in [-0.1, -0.05) is 29.8 Å². The molecule has 0 spiro atoms. The fourth-order valence-electron chi connectivity index (χ4n) is 1.99. The third-order valence-electron chi connectivity index (χ3n) is 3.00. The average Bonchev–Trinajstić information content (AvgIpc) is 2.83. The predicted molar refractivity (Wildman–Crippen MR) is 96.1 cm³/mol. The molecule has 1 unspecified atom stereocenters. The highest BCUT2D eigenvalue weighted by atomic mass is 127. The van der Waals surface area contributed by atoms with Gasteiger partial charge in [0.2, 0.25) is 0 Å². The third-order valence-corrected chi connectivity index (χ3v) is 6.03. The van der Waals surface area contributed by atoms with Crippen LogP contribution in [0.15, 0.2) is 42.5 Å². The first-order valence-corrected chi connectivity index (χ1v) is 8.78. The van der Waals surface area contributed by atoms with Gasteiger partial charge in [0.05, 0.1) is 25.6 Å². The molecule has 3 rings (SSSR count). The number of hydrogen-bond acceptors (Lipinski definition) is 2. The molecule has 1 atom stereocenters. The molecule has 3 aromatic rings. The van der Waals surface area contributed by atoms with Crippen molar-refractivity contribution in [1.29, 1.82) is 0 Å². The number of aromatic nitrogens is 1. The summed E-state index contributed by atoms with van der Waals surface area (Å²) in [5, 5.41) is 1.70. The van der Waals surface area contributed by atoms with E-state index in [1.807, 2.05) is 36.4 Å². The van der Waals surface area contributed by atoms with Crippen LogP contribution in [0.4, 0.5) is 0 Å². The van der Waals surface area contributed by atoms with Gasteiger partial charge in [0.1, 0.15) is 0 Å². The fourth-order valence-corrected chi connectivity index (χ4v) is 3.90. The van der Waals surface area contributed by atoms with E-state index >= 15 is 0 Å². The summed E-state index contributed by atoms with van der Waals surface area (Å²) in [5.41, 5.74) is 2.08. The van der Waals surface area contributed by atoms with Crippen molar-refractivity contribution in [2.24, 2.45) is 0 Å². The molecule has 1 nitrogen and oxygen atoms in total. The van der Waals surface area contributed by atoms with Gasteiger partial charge in [0.25, 0.3) is 0 Å². The Bertz CT molecular complexity index is 723. The molecular formula is C15H10Cl2INS. The quantitative estimate of drug-likeness (QED) is 0.360. The van der Waals surface area contributed by atoms with Crippen LogP contribution in [0.3, 0.4) is 0 Å². The Morgan fingerprint density at radius 1 is 1.20 bits per heavy atom. The van der Waals surface area contributed by atoms with Gasteiger partial charge < -0.3 is 0 Å². The molecule has 0 aliphatic carbocycles. The lowest BCUT2D eigenvalue weighted by molar-refractivity contribution is 0.910. The minimum absolute atomic E-state index is 0.106. The van der Waals surface area contributed by atoms with Crippen LogP contribution in [0.1, 0.15) is 15.9 Å². The number of benzene rings is 2. The Morgan fingerprint density at radius 3 is 2.75 bits per heavy atom. The van der Waals surface area contributed by atoms with E-state index in [9.17, 15) is 0 Å². The first-order valence-electron chi connectivity index (χ1n) is 6.07. The Balaban J connectivity index is 1.84. The number of para-hydroxylation sites is 1. The summed E-state index contributed by atoms with van der Waals surface area (Å²) in [5.74, 6) is 0. The smallest absolute Gasteiger partial charge is 0.0956 e. The van der Waals surface area contributed by atoms with Crippen LogP contribution in [0.25, 0.3) is 10.2 Å². The van der Waals surface area contributed by atoms with Gasteiger partial charge in [0, 0.05) is 9.99 Å². The van der Waals surface area contributed by atoms with E-state index in [0.717, 1.165) is 31.1 Å². The maximum atomic E-state index is 6.50. The summed E-state index contributed by atoms with van der Waals surface area (Å²) < 4.78 is 2.24. The minimum Gasteiger partial charge on any atom is -0.241 e. The Morgan fingerprint density at radius 2 is 2.00 bits per heavy atom. The zero-order valence-corrected chi connectivity index (χ0v) is 14.8. The summed E-state index contributed by atoms with van der Waals surface area (Å²) in [4.78, 5) is 4.62. The van der Waals surface area contributed by atoms with Gasteiger partial charge >= 0.3 is 0 Å². The van der Waals surface area contributed by atoms with Gasteiger partial charge in [-0.05, 0) is 52.4 Å². The van der Waals surface area contributed by atoms with Crippen molar-refractivity contribution in [3.63, 3.8) is 0 Å². The van der Waals surface area contributed by atoms with Gasteiger partial charge in [-0.15, -0.1) is 22.9 Å². The molecule has 0 radical (unpaired) electrons. The van der Waals surface area contributed by atoms with Crippen molar-refractivity contribution in [2.75, 3.05) is 0 Å². The monoisotopic (exact) mass is 433 g/mol. The Hall–Kier alpha value is -0.360. The second-order valence-corrected chi connectivity index (χ2v) is 7.63. The lowest BCUT2D eigenvalue weighted by atomic mass is 10.1. The van der Waals surface area contributed by atoms with E-state index < -0.39 is 0 Å². The highest BCUT2D eigenvalue weighted by Gasteiger charge is 2.13. The van der Waals surface area contributed by atoms with Crippen molar-refractivity contribution in [1.82, 2.24) is 4.98 Å². The summed E-state index contributed by atoms with van der Waals surface area (Å²) in [6.07, 6.45) is 0.720. The molecule has 0 aliphatic rings. The largest absolute Gasteiger partial charge is 0.241 e. The number of nitrogens with zero attached hydrogens (tertiary/aromatic N) is 1. The van der Waals surface area contributed by atoms with Crippen LogP contribution in [-0.4, -0.2) is 4.98 Å². The molecule has 1 heterocycles. The summed E-state index contributed by atoms with van der Waals surface area (Å²) in [6, 6.07) is 14.1. The summed E-state index contributed by atoms with van der Waals surface area (Å²) in [6.45, 7) is 0. The number of halogens is 3.